The van der Waals surface area contributed by atoms with Gasteiger partial charge in [0.2, 0.25) is 0 Å². The number of benzene rings is 1. The molecule has 2 heterocycles. The smallest absolute Gasteiger partial charge is 0.119 e. The van der Waals surface area contributed by atoms with Gasteiger partial charge in [-0.2, -0.15) is 0 Å². The lowest BCUT2D eigenvalue weighted by molar-refractivity contribution is 0.415. The molecule has 0 saturated carbocycles. The van der Waals surface area contributed by atoms with Crippen LogP contribution < -0.4 is 10.1 Å². The number of methoxy groups -OCH3 is 1. The summed E-state index contributed by atoms with van der Waals surface area (Å²) in [5.41, 5.74) is 4.05. The molecule has 1 aromatic heterocycles. The highest BCUT2D eigenvalue weighted by molar-refractivity contribution is 5.86. The van der Waals surface area contributed by atoms with Crippen LogP contribution in [0.1, 0.15) is 30.6 Å². The second-order valence-electron chi connectivity index (χ2n) is 4.59. The van der Waals surface area contributed by atoms with Crippen LogP contribution in [0.15, 0.2) is 18.2 Å². The zero-order valence-corrected chi connectivity index (χ0v) is 10.3. The highest BCUT2D eigenvalue weighted by Crippen LogP contribution is 2.33. The molecular weight excluding hydrogens is 212 g/mol. The number of fused-ring (bicyclic) bond motifs is 3. The molecule has 0 radical (unpaired) electrons. The van der Waals surface area contributed by atoms with Crippen LogP contribution in [0, 0.1) is 0 Å². The molecule has 3 heteroatoms. The molecule has 3 rings (SSSR count). The van der Waals surface area contributed by atoms with Crippen molar-refractivity contribution < 1.29 is 4.74 Å². The van der Waals surface area contributed by atoms with Crippen LogP contribution in [-0.2, 0) is 6.42 Å². The molecule has 2 aromatic rings. The first kappa shape index (κ1) is 10.7. The quantitative estimate of drug-likeness (QED) is 0.832. The van der Waals surface area contributed by atoms with Gasteiger partial charge < -0.3 is 15.0 Å². The van der Waals surface area contributed by atoms with Gasteiger partial charge in [0.1, 0.15) is 5.75 Å². The summed E-state index contributed by atoms with van der Waals surface area (Å²) >= 11 is 0. The van der Waals surface area contributed by atoms with Crippen LogP contribution in [0.5, 0.6) is 5.75 Å². The molecule has 2 N–H and O–H groups in total. The molecular formula is C14H18N2O. The number of aromatic nitrogens is 1. The predicted molar refractivity (Wildman–Crippen MR) is 69.6 cm³/mol. The third kappa shape index (κ3) is 1.62. The van der Waals surface area contributed by atoms with Gasteiger partial charge in [0.25, 0.3) is 0 Å². The van der Waals surface area contributed by atoms with Gasteiger partial charge in [-0.1, -0.05) is 6.92 Å². The normalized spacial score (nSPS) is 19.3. The number of rotatable bonds is 2. The lowest BCUT2D eigenvalue weighted by Crippen LogP contribution is -2.29. The molecule has 0 unspecified atom stereocenters. The average molecular weight is 230 g/mol. The largest absolute Gasteiger partial charge is 0.497 e. The molecule has 1 aliphatic heterocycles. The molecule has 0 saturated heterocycles. The van der Waals surface area contributed by atoms with Gasteiger partial charge in [-0.15, -0.1) is 0 Å². The van der Waals surface area contributed by atoms with Crippen molar-refractivity contribution in [2.45, 2.75) is 25.8 Å². The standard InChI is InChI=1S/C14H18N2O/c1-3-12-14-10(6-7-15-12)11-8-9(17-2)4-5-13(11)16-14/h4-5,8,12,15-16H,3,6-7H2,1-2H3/t12-/m1/s1. The molecule has 3 nitrogen and oxygen atoms in total. The number of ether oxygens (including phenoxy) is 1. The Labute approximate surface area is 101 Å². The van der Waals surface area contributed by atoms with E-state index in [0.717, 1.165) is 25.1 Å². The van der Waals surface area contributed by atoms with E-state index in [0.29, 0.717) is 6.04 Å². The minimum atomic E-state index is 0.470. The van der Waals surface area contributed by atoms with Crippen molar-refractivity contribution in [3.05, 3.63) is 29.5 Å². The lowest BCUT2D eigenvalue weighted by Gasteiger charge is -2.22. The van der Waals surface area contributed by atoms with Crippen molar-refractivity contribution in [3.8, 4) is 5.75 Å². The van der Waals surface area contributed by atoms with E-state index in [2.05, 4.69) is 29.4 Å². The Balaban J connectivity index is 2.20. The Morgan fingerprint density at radius 3 is 3.06 bits per heavy atom. The van der Waals surface area contributed by atoms with Gasteiger partial charge in [0.15, 0.2) is 0 Å². The van der Waals surface area contributed by atoms with Gasteiger partial charge in [0, 0.05) is 22.6 Å². The highest BCUT2D eigenvalue weighted by Gasteiger charge is 2.22. The first-order valence-electron chi connectivity index (χ1n) is 6.25. The van der Waals surface area contributed by atoms with Gasteiger partial charge in [-0.05, 0) is 43.1 Å². The van der Waals surface area contributed by atoms with Crippen molar-refractivity contribution in [3.63, 3.8) is 0 Å². The fourth-order valence-corrected chi connectivity index (χ4v) is 2.76. The molecule has 0 fully saturated rings. The fraction of sp³-hybridized carbons (Fsp3) is 0.429. The Kier molecular flexibility index (Phi) is 2.56. The fourth-order valence-electron chi connectivity index (χ4n) is 2.76. The van der Waals surface area contributed by atoms with Crippen LogP contribution in [0.2, 0.25) is 0 Å². The maximum absolute atomic E-state index is 5.31. The van der Waals surface area contributed by atoms with E-state index in [9.17, 15) is 0 Å². The first-order chi connectivity index (χ1) is 8.33. The molecule has 1 aliphatic rings. The molecule has 90 valence electrons. The molecule has 0 bridgehead atoms. The van der Waals surface area contributed by atoms with Gasteiger partial charge in [-0.25, -0.2) is 0 Å². The summed E-state index contributed by atoms with van der Waals surface area (Å²) in [4.78, 5) is 3.55. The van der Waals surface area contributed by atoms with E-state index in [4.69, 9.17) is 4.74 Å². The van der Waals surface area contributed by atoms with E-state index < -0.39 is 0 Å². The van der Waals surface area contributed by atoms with Gasteiger partial charge in [0.05, 0.1) is 7.11 Å². The SMILES string of the molecule is CC[C@H]1NCCc2c1[nH]c1ccc(OC)cc21. The molecule has 0 amide bonds. The summed E-state index contributed by atoms with van der Waals surface area (Å²) in [6.45, 7) is 3.29. The van der Waals surface area contributed by atoms with E-state index in [-0.39, 0.29) is 0 Å². The number of hydrogen-bond donors (Lipinski definition) is 2. The van der Waals surface area contributed by atoms with Crippen LogP contribution in [0.4, 0.5) is 0 Å². The van der Waals surface area contributed by atoms with Gasteiger partial charge in [-0.3, -0.25) is 0 Å². The molecule has 17 heavy (non-hydrogen) atoms. The second kappa shape index (κ2) is 4.08. The van der Waals surface area contributed by atoms with Crippen LogP contribution in [-0.4, -0.2) is 18.6 Å². The number of nitrogens with one attached hydrogen (secondary N) is 2. The minimum absolute atomic E-state index is 0.470. The zero-order valence-electron chi connectivity index (χ0n) is 10.3. The molecule has 1 atom stereocenters. The van der Waals surface area contributed by atoms with Crippen molar-refractivity contribution in [1.29, 1.82) is 0 Å². The third-order valence-electron chi connectivity index (χ3n) is 3.67. The van der Waals surface area contributed by atoms with E-state index in [1.54, 1.807) is 7.11 Å². The summed E-state index contributed by atoms with van der Waals surface area (Å²) in [7, 11) is 1.72. The Morgan fingerprint density at radius 2 is 2.29 bits per heavy atom. The van der Waals surface area contributed by atoms with Crippen molar-refractivity contribution in [2.75, 3.05) is 13.7 Å². The van der Waals surface area contributed by atoms with Crippen LogP contribution in [0.3, 0.4) is 0 Å². The van der Waals surface area contributed by atoms with Crippen LogP contribution in [0.25, 0.3) is 10.9 Å². The third-order valence-corrected chi connectivity index (χ3v) is 3.67. The monoisotopic (exact) mass is 230 g/mol. The van der Waals surface area contributed by atoms with E-state index in [1.165, 1.54) is 22.2 Å². The maximum atomic E-state index is 5.31. The Bertz CT molecular complexity index is 544. The second-order valence-corrected chi connectivity index (χ2v) is 4.59. The molecule has 1 aromatic carbocycles. The van der Waals surface area contributed by atoms with Crippen molar-refractivity contribution in [2.24, 2.45) is 0 Å². The number of H-pyrrole nitrogens is 1. The number of hydrogen-bond acceptors (Lipinski definition) is 2. The minimum Gasteiger partial charge on any atom is -0.497 e. The predicted octanol–water partition coefficient (Wildman–Crippen LogP) is 2.77. The number of aromatic amines is 1. The molecule has 0 spiro atoms. The summed E-state index contributed by atoms with van der Waals surface area (Å²) < 4.78 is 5.31. The van der Waals surface area contributed by atoms with E-state index >= 15 is 0 Å². The van der Waals surface area contributed by atoms with Crippen LogP contribution >= 0.6 is 0 Å². The lowest BCUT2D eigenvalue weighted by atomic mass is 9.98. The topological polar surface area (TPSA) is 37.0 Å². The summed E-state index contributed by atoms with van der Waals surface area (Å²) in [6, 6.07) is 6.73. The van der Waals surface area contributed by atoms with Crippen molar-refractivity contribution in [1.82, 2.24) is 10.3 Å². The van der Waals surface area contributed by atoms with Crippen molar-refractivity contribution >= 4 is 10.9 Å². The maximum Gasteiger partial charge on any atom is 0.119 e. The summed E-state index contributed by atoms with van der Waals surface area (Å²) in [5, 5.41) is 4.87. The average Bonchev–Trinajstić information content (AvgIpc) is 2.76. The highest BCUT2D eigenvalue weighted by atomic mass is 16.5. The molecule has 0 aliphatic carbocycles. The summed E-state index contributed by atoms with van der Waals surface area (Å²) in [5.74, 6) is 0.936. The Morgan fingerprint density at radius 1 is 1.41 bits per heavy atom. The first-order valence-corrected chi connectivity index (χ1v) is 6.25. The van der Waals surface area contributed by atoms with E-state index in [1.807, 2.05) is 6.07 Å². The summed E-state index contributed by atoms with van der Waals surface area (Å²) in [6.07, 6.45) is 2.22. The van der Waals surface area contributed by atoms with Gasteiger partial charge >= 0.3 is 0 Å². The zero-order chi connectivity index (χ0) is 11.8. The Hall–Kier alpha value is -1.48.